The highest BCUT2D eigenvalue weighted by molar-refractivity contribution is 5.95. The van der Waals surface area contributed by atoms with Gasteiger partial charge in [0, 0.05) is 30.1 Å². The van der Waals surface area contributed by atoms with Gasteiger partial charge in [0.15, 0.2) is 0 Å². The lowest BCUT2D eigenvalue weighted by molar-refractivity contribution is 0.0663. The van der Waals surface area contributed by atoms with Gasteiger partial charge in [-0.25, -0.2) is 4.68 Å². The van der Waals surface area contributed by atoms with Crippen molar-refractivity contribution in [3.63, 3.8) is 0 Å². The minimum atomic E-state index is 0.0925. The fourth-order valence-corrected chi connectivity index (χ4v) is 5.53. The summed E-state index contributed by atoms with van der Waals surface area (Å²) >= 11 is 0. The number of hydrogen-bond donors (Lipinski definition) is 1. The van der Waals surface area contributed by atoms with Gasteiger partial charge in [-0.15, -0.1) is 5.10 Å². The molecule has 2 aromatic heterocycles. The van der Waals surface area contributed by atoms with Crippen molar-refractivity contribution in [1.29, 1.82) is 0 Å². The van der Waals surface area contributed by atoms with Crippen molar-refractivity contribution in [1.82, 2.24) is 35.0 Å². The lowest BCUT2D eigenvalue weighted by Crippen LogP contribution is -2.44. The molecule has 190 valence electrons. The number of nitrogens with one attached hydrogen (secondary N) is 1. The Hall–Kier alpha value is -3.78. The van der Waals surface area contributed by atoms with Crippen LogP contribution in [-0.2, 0) is 0 Å². The molecule has 8 heteroatoms. The van der Waals surface area contributed by atoms with E-state index in [9.17, 15) is 4.79 Å². The van der Waals surface area contributed by atoms with E-state index in [1.165, 1.54) is 24.0 Å². The SMILES string of the molecule is CN(C)C1CCN(C(=O)c2ccc(-n3cc(-c4n[nH]c5ccc(C6=CCCCC6)cc45)nn3)cc2)CC1. The predicted octanol–water partition coefficient (Wildman–Crippen LogP) is 4.93. The highest BCUT2D eigenvalue weighted by atomic mass is 16.2. The smallest absolute Gasteiger partial charge is 0.253 e. The van der Waals surface area contributed by atoms with Crippen LogP contribution in [0.4, 0.5) is 0 Å². The van der Waals surface area contributed by atoms with E-state index in [2.05, 4.69) is 63.8 Å². The molecule has 1 saturated heterocycles. The van der Waals surface area contributed by atoms with Crippen molar-refractivity contribution >= 4 is 22.4 Å². The van der Waals surface area contributed by atoms with Crippen molar-refractivity contribution in [3.8, 4) is 17.1 Å². The van der Waals surface area contributed by atoms with Crippen molar-refractivity contribution < 1.29 is 4.79 Å². The number of benzene rings is 2. The molecule has 1 aliphatic heterocycles. The summed E-state index contributed by atoms with van der Waals surface area (Å²) in [6.07, 6.45) is 11.1. The number of H-pyrrole nitrogens is 1. The monoisotopic (exact) mass is 495 g/mol. The van der Waals surface area contributed by atoms with E-state index in [4.69, 9.17) is 0 Å². The van der Waals surface area contributed by atoms with Crippen LogP contribution in [-0.4, -0.2) is 74.1 Å². The van der Waals surface area contributed by atoms with Crippen molar-refractivity contribution in [2.75, 3.05) is 27.2 Å². The zero-order valence-corrected chi connectivity index (χ0v) is 21.5. The van der Waals surface area contributed by atoms with E-state index >= 15 is 0 Å². The molecule has 1 aliphatic carbocycles. The van der Waals surface area contributed by atoms with Gasteiger partial charge in [-0.05, 0) is 100 Å². The number of rotatable bonds is 5. The first kappa shape index (κ1) is 23.6. The number of hydrogen-bond acceptors (Lipinski definition) is 5. The normalized spacial score (nSPS) is 16.9. The molecule has 4 aromatic rings. The number of allylic oxidation sites excluding steroid dienone is 2. The largest absolute Gasteiger partial charge is 0.339 e. The number of likely N-dealkylation sites (tertiary alicyclic amines) is 1. The van der Waals surface area contributed by atoms with Gasteiger partial charge in [-0.2, -0.15) is 5.10 Å². The zero-order chi connectivity index (χ0) is 25.4. The van der Waals surface area contributed by atoms with Gasteiger partial charge in [0.25, 0.3) is 5.91 Å². The standard InChI is InChI=1S/C29H33N7O/c1-34(2)23-14-16-35(17-15-23)29(37)21-8-11-24(12-9-21)36-19-27(31-33-36)28-25-18-22(10-13-26(25)30-32-28)20-6-4-3-5-7-20/h6,8-13,18-19,23H,3-5,7,14-17H2,1-2H3,(H,30,32). The Bertz CT molecular complexity index is 1440. The third-order valence-electron chi connectivity index (χ3n) is 7.82. The molecule has 0 atom stereocenters. The third-order valence-corrected chi connectivity index (χ3v) is 7.82. The molecule has 2 aromatic carbocycles. The molecule has 1 N–H and O–H groups in total. The first-order valence-corrected chi connectivity index (χ1v) is 13.2. The van der Waals surface area contributed by atoms with Crippen LogP contribution < -0.4 is 0 Å². The summed E-state index contributed by atoms with van der Waals surface area (Å²) < 4.78 is 1.74. The molecule has 8 nitrogen and oxygen atoms in total. The Balaban J connectivity index is 1.20. The van der Waals surface area contributed by atoms with Gasteiger partial charge in [0.2, 0.25) is 0 Å². The fraction of sp³-hybridized carbons (Fsp3) is 0.379. The van der Waals surface area contributed by atoms with Gasteiger partial charge in [-0.1, -0.05) is 17.4 Å². The summed E-state index contributed by atoms with van der Waals surface area (Å²) in [5.41, 5.74) is 6.73. The predicted molar refractivity (Wildman–Crippen MR) is 146 cm³/mol. The summed E-state index contributed by atoms with van der Waals surface area (Å²) in [6, 6.07) is 14.6. The summed E-state index contributed by atoms with van der Waals surface area (Å²) in [5.74, 6) is 0.0925. The highest BCUT2D eigenvalue weighted by Crippen LogP contribution is 2.32. The van der Waals surface area contributed by atoms with Crippen LogP contribution in [0.15, 0.2) is 54.7 Å². The molecule has 1 fully saturated rings. The van der Waals surface area contributed by atoms with Crippen LogP contribution in [0.25, 0.3) is 33.6 Å². The first-order valence-electron chi connectivity index (χ1n) is 13.2. The zero-order valence-electron chi connectivity index (χ0n) is 21.5. The van der Waals surface area contributed by atoms with E-state index in [-0.39, 0.29) is 5.91 Å². The van der Waals surface area contributed by atoms with Gasteiger partial charge in [0.1, 0.15) is 11.4 Å². The van der Waals surface area contributed by atoms with Crippen LogP contribution in [0, 0.1) is 0 Å². The third kappa shape index (κ3) is 4.69. The second kappa shape index (κ2) is 9.94. The number of piperidine rings is 1. The molecule has 0 saturated carbocycles. The van der Waals surface area contributed by atoms with Crippen LogP contribution in [0.1, 0.15) is 54.4 Å². The summed E-state index contributed by atoms with van der Waals surface area (Å²) in [7, 11) is 4.22. The molecule has 0 bridgehead atoms. The molecule has 1 amide bonds. The van der Waals surface area contributed by atoms with E-state index in [0.29, 0.717) is 17.3 Å². The second-order valence-electron chi connectivity index (χ2n) is 10.4. The van der Waals surface area contributed by atoms with Crippen molar-refractivity contribution in [2.24, 2.45) is 0 Å². The molecule has 37 heavy (non-hydrogen) atoms. The highest BCUT2D eigenvalue weighted by Gasteiger charge is 2.24. The van der Waals surface area contributed by atoms with Gasteiger partial charge < -0.3 is 9.80 Å². The molecule has 0 spiro atoms. The summed E-state index contributed by atoms with van der Waals surface area (Å²) in [5, 5.41) is 17.5. The van der Waals surface area contributed by atoms with Crippen molar-refractivity contribution in [2.45, 2.75) is 44.6 Å². The van der Waals surface area contributed by atoms with Gasteiger partial charge >= 0.3 is 0 Å². The molecule has 2 aliphatic rings. The molecule has 0 radical (unpaired) electrons. The Kier molecular flexibility index (Phi) is 6.34. The van der Waals surface area contributed by atoms with E-state index in [1.54, 1.807) is 4.68 Å². The number of carbonyl (C=O) groups excluding carboxylic acids is 1. The number of carbonyl (C=O) groups is 1. The minimum absolute atomic E-state index is 0.0925. The minimum Gasteiger partial charge on any atom is -0.339 e. The number of amides is 1. The quantitative estimate of drug-likeness (QED) is 0.424. The number of aromatic amines is 1. The Labute approximate surface area is 217 Å². The molecule has 3 heterocycles. The summed E-state index contributed by atoms with van der Waals surface area (Å²) in [4.78, 5) is 17.2. The lowest BCUT2D eigenvalue weighted by Gasteiger charge is -2.35. The van der Waals surface area contributed by atoms with Crippen LogP contribution in [0.5, 0.6) is 0 Å². The summed E-state index contributed by atoms with van der Waals surface area (Å²) in [6.45, 7) is 1.60. The Morgan fingerprint density at radius 1 is 1.05 bits per heavy atom. The molecular formula is C29H33N7O. The molecule has 6 rings (SSSR count). The lowest BCUT2D eigenvalue weighted by atomic mass is 9.93. The van der Waals surface area contributed by atoms with E-state index < -0.39 is 0 Å². The fourth-order valence-electron chi connectivity index (χ4n) is 5.53. The molecule has 0 unspecified atom stereocenters. The second-order valence-corrected chi connectivity index (χ2v) is 10.4. The molecular weight excluding hydrogens is 462 g/mol. The van der Waals surface area contributed by atoms with Gasteiger partial charge in [-0.3, -0.25) is 9.89 Å². The Morgan fingerprint density at radius 2 is 1.86 bits per heavy atom. The average molecular weight is 496 g/mol. The maximum absolute atomic E-state index is 13.0. The Morgan fingerprint density at radius 3 is 2.59 bits per heavy atom. The van der Waals surface area contributed by atoms with Gasteiger partial charge in [0.05, 0.1) is 17.4 Å². The van der Waals surface area contributed by atoms with Crippen LogP contribution in [0.2, 0.25) is 0 Å². The number of fused-ring (bicyclic) bond motifs is 1. The van der Waals surface area contributed by atoms with E-state index in [0.717, 1.165) is 61.1 Å². The van der Waals surface area contributed by atoms with E-state index in [1.807, 2.05) is 35.4 Å². The van der Waals surface area contributed by atoms with Crippen LogP contribution in [0.3, 0.4) is 0 Å². The maximum Gasteiger partial charge on any atom is 0.253 e. The average Bonchev–Trinajstić information content (AvgIpc) is 3.60. The van der Waals surface area contributed by atoms with Crippen LogP contribution >= 0.6 is 0 Å². The van der Waals surface area contributed by atoms with Crippen molar-refractivity contribution in [3.05, 3.63) is 65.9 Å². The maximum atomic E-state index is 13.0. The number of nitrogens with zero attached hydrogens (tertiary/aromatic N) is 6. The topological polar surface area (TPSA) is 82.9 Å². The first-order chi connectivity index (χ1) is 18.1. The number of aromatic nitrogens is 5.